The number of nitroso groups, excluding NO2 is 1. The smallest absolute Gasteiger partial charge is 0.331 e. The molecule has 4 heterocycles. The van der Waals surface area contributed by atoms with Crippen molar-refractivity contribution in [3.05, 3.63) is 226 Å². The maximum Gasteiger partial charge on any atom is 0.331 e. The van der Waals surface area contributed by atoms with E-state index in [9.17, 15) is 5.11 Å². The highest BCUT2D eigenvalue weighted by molar-refractivity contribution is 6.23. The van der Waals surface area contributed by atoms with Crippen LogP contribution in [0.2, 0.25) is 0 Å². The highest BCUT2D eigenvalue weighted by Crippen LogP contribution is 2.64. The monoisotopic (exact) mass is 1040 g/mol. The number of hydrazine groups is 1. The number of nitrogens with one attached hydrogen (secondary N) is 2. The molecule has 15 nitrogen and oxygen atoms in total. The van der Waals surface area contributed by atoms with Crippen LogP contribution in [0, 0.1) is 29.1 Å². The molecular formula is C63H55N6O9+. The van der Waals surface area contributed by atoms with Crippen LogP contribution >= 0.6 is 0 Å². The quantitative estimate of drug-likeness (QED) is 0.0437. The van der Waals surface area contributed by atoms with Gasteiger partial charge in [0.25, 0.3) is 11.9 Å². The zero-order valence-electron chi connectivity index (χ0n) is 42.6. The number of urea groups is 1. The van der Waals surface area contributed by atoms with E-state index in [1.54, 1.807) is 98.1 Å². The summed E-state index contributed by atoms with van der Waals surface area (Å²) >= 11 is 0. The van der Waals surface area contributed by atoms with Crippen LogP contribution in [0.5, 0.6) is 11.5 Å². The average molecular weight is 1040 g/mol. The number of morpholine rings is 2. The molecule has 0 aromatic heterocycles. The van der Waals surface area contributed by atoms with Crippen molar-refractivity contribution in [3.8, 4) is 35.7 Å². The molecule has 0 unspecified atom stereocenters. The number of imide groups is 1. The Bertz CT molecular complexity index is 3430. The van der Waals surface area contributed by atoms with Crippen molar-refractivity contribution in [1.29, 1.82) is 0 Å². The van der Waals surface area contributed by atoms with E-state index in [1.165, 1.54) is 0 Å². The number of esters is 1. The Morgan fingerprint density at radius 3 is 2.05 bits per heavy atom. The first kappa shape index (κ1) is 50.9. The number of terminal acetylenes is 1. The van der Waals surface area contributed by atoms with E-state index >= 15 is 19.3 Å². The van der Waals surface area contributed by atoms with E-state index in [1.807, 2.05) is 95.9 Å². The number of cyclic esters (lactones) is 1. The second-order valence-corrected chi connectivity index (χ2v) is 19.3. The molecule has 7 atom stereocenters. The molecule has 0 bridgehead atoms. The second kappa shape index (κ2) is 22.1. The molecule has 15 heteroatoms. The van der Waals surface area contributed by atoms with E-state index in [0.29, 0.717) is 76.2 Å². The van der Waals surface area contributed by atoms with Gasteiger partial charge >= 0.3 is 12.0 Å². The van der Waals surface area contributed by atoms with Crippen molar-refractivity contribution >= 4 is 35.0 Å². The lowest BCUT2D eigenvalue weighted by Crippen LogP contribution is -2.59. The van der Waals surface area contributed by atoms with Crippen molar-refractivity contribution in [1.82, 2.24) is 10.2 Å². The lowest BCUT2D eigenvalue weighted by molar-refractivity contribution is -0.565. The van der Waals surface area contributed by atoms with Crippen LogP contribution < -0.4 is 30.0 Å². The maximum atomic E-state index is 16.9. The van der Waals surface area contributed by atoms with Crippen LogP contribution in [0.3, 0.4) is 0 Å². The normalized spacial score (nSPS) is 21.7. The van der Waals surface area contributed by atoms with Gasteiger partial charge in [-0.05, 0) is 101 Å². The number of rotatable bonds is 13. The van der Waals surface area contributed by atoms with Gasteiger partial charge in [-0.25, -0.2) is 9.69 Å². The number of anilines is 3. The molecular weight excluding hydrogens is 985 g/mol. The summed E-state index contributed by atoms with van der Waals surface area (Å²) in [5, 5.41) is 12.7. The molecule has 7 aromatic carbocycles. The lowest BCUT2D eigenvalue weighted by Gasteiger charge is -2.45. The summed E-state index contributed by atoms with van der Waals surface area (Å²) in [5.41, 5.74) is 6.29. The molecule has 11 rings (SSSR count). The Morgan fingerprint density at radius 2 is 1.40 bits per heavy atom. The zero-order chi connectivity index (χ0) is 53.8. The molecule has 3 N–H and O–H groups in total. The minimum absolute atomic E-state index is 0.0196. The standard InChI is InChI=1S/C63H54N6O9/c1-3-53(44-13-7-4-8-14-44)64-62(73)67-54-34-23-43(20-19-42-21-30-50(75-2)31-22-42)41-52(54)63(61(67)72)58(47-24-32-51(33-25-47)77-40-37-70)68-55(45-15-9-5-10-16-45)57(46-17-11-6-12-18-46)78-60(71)56(68)59(63)69(74)65-48-26-28-49(29-27-48)66-35-38-76-39-36-66/h1,4-18,21-34,41,53,55-59,70H,35-40H2,2H3,(H-,64,65,73,74)/p+1/t53-,55+,56+,57-,58-,59-,63-/m0/s1. The second-order valence-electron chi connectivity index (χ2n) is 19.3. The number of ether oxygens (including phenoxy) is 4. The van der Waals surface area contributed by atoms with Crippen molar-refractivity contribution in [2.24, 2.45) is 0 Å². The summed E-state index contributed by atoms with van der Waals surface area (Å²) < 4.78 is 23.5. The fourth-order valence-corrected chi connectivity index (χ4v) is 11.5. The number of hydrogen-bond donors (Lipinski definition) is 3. The SMILES string of the molecule is C#C[C@H](NC(=O)N1C(=O)[C@@]2(c3cc(C#Cc4ccc(OC)cc4)ccc31)[C@H](c1ccc(OCCO)cc1)N1[C@H](c3ccccc3)[C@H](c3ccccc3)OC(=O)[C@H]1[C@@H]2[N+](=O)Nc1ccc(N2CCOCC2)cc1)c1ccccc1. The van der Waals surface area contributed by atoms with Gasteiger partial charge in [-0.3, -0.25) is 14.5 Å². The summed E-state index contributed by atoms with van der Waals surface area (Å²) in [6.45, 7) is 2.33. The van der Waals surface area contributed by atoms with Gasteiger partial charge in [0, 0.05) is 35.5 Å². The van der Waals surface area contributed by atoms with Gasteiger partial charge in [-0.15, -0.1) is 11.8 Å². The summed E-state index contributed by atoms with van der Waals surface area (Å²) in [6.07, 6.45) is 5.17. The van der Waals surface area contributed by atoms with Crippen LogP contribution in [0.1, 0.15) is 63.2 Å². The predicted octanol–water partition coefficient (Wildman–Crippen LogP) is 8.61. The van der Waals surface area contributed by atoms with Crippen LogP contribution in [-0.2, 0) is 24.5 Å². The Morgan fingerprint density at radius 1 is 0.769 bits per heavy atom. The van der Waals surface area contributed by atoms with Gasteiger partial charge < -0.3 is 34.3 Å². The average Bonchev–Trinajstić information content (AvgIpc) is 4.18. The van der Waals surface area contributed by atoms with Crippen molar-refractivity contribution < 1.29 is 43.3 Å². The summed E-state index contributed by atoms with van der Waals surface area (Å²) in [7, 11) is 1.58. The molecule has 0 aliphatic carbocycles. The van der Waals surface area contributed by atoms with E-state index in [-0.39, 0.29) is 24.5 Å². The number of carbonyl (C=O) groups is 3. The van der Waals surface area contributed by atoms with E-state index in [2.05, 4.69) is 33.4 Å². The van der Waals surface area contributed by atoms with Gasteiger partial charge in [-0.2, -0.15) is 0 Å². The number of benzene rings is 7. The van der Waals surface area contributed by atoms with Gasteiger partial charge in [0.15, 0.2) is 11.5 Å². The van der Waals surface area contributed by atoms with Crippen molar-refractivity contribution in [2.75, 3.05) is 61.9 Å². The minimum Gasteiger partial charge on any atom is -0.497 e. The first-order chi connectivity index (χ1) is 38.2. The fourth-order valence-electron chi connectivity index (χ4n) is 11.5. The van der Waals surface area contributed by atoms with Gasteiger partial charge in [-0.1, -0.05) is 121 Å². The Kier molecular flexibility index (Phi) is 14.4. The van der Waals surface area contributed by atoms with Crippen LogP contribution in [0.4, 0.5) is 21.9 Å². The lowest BCUT2D eigenvalue weighted by atomic mass is 9.68. The predicted molar refractivity (Wildman–Crippen MR) is 293 cm³/mol. The number of hydrogen-bond acceptors (Lipinski definition) is 11. The third-order valence-corrected chi connectivity index (χ3v) is 14.9. The highest BCUT2D eigenvalue weighted by Gasteiger charge is 2.80. The van der Waals surface area contributed by atoms with Gasteiger partial charge in [0.05, 0.1) is 49.6 Å². The number of amides is 3. The Hall–Kier alpha value is -9.25. The molecule has 3 saturated heterocycles. The number of carbonyl (C=O) groups excluding carboxylic acids is 3. The molecule has 4 aliphatic heterocycles. The summed E-state index contributed by atoms with van der Waals surface area (Å²) in [6, 6.07) is 47.6. The molecule has 4 aliphatic rings. The maximum absolute atomic E-state index is 16.9. The first-order valence-electron chi connectivity index (χ1n) is 25.8. The fraction of sp³-hybridized carbons (Fsp3) is 0.222. The van der Waals surface area contributed by atoms with Gasteiger partial charge in [0.2, 0.25) is 0 Å². The number of aliphatic hydroxyl groups excluding tert-OH is 1. The third kappa shape index (κ3) is 9.45. The molecule has 3 fully saturated rings. The van der Waals surface area contributed by atoms with E-state index < -0.39 is 59.6 Å². The van der Waals surface area contributed by atoms with Crippen LogP contribution in [-0.4, -0.2) is 91.5 Å². The molecule has 390 valence electrons. The van der Waals surface area contributed by atoms with Crippen LogP contribution in [0.15, 0.2) is 182 Å². The summed E-state index contributed by atoms with van der Waals surface area (Å²) in [5.74, 6) is 8.71. The van der Waals surface area contributed by atoms with E-state index in [0.717, 1.165) is 16.2 Å². The van der Waals surface area contributed by atoms with Crippen molar-refractivity contribution in [3.63, 3.8) is 0 Å². The highest BCUT2D eigenvalue weighted by atomic mass is 16.6. The number of fused-ring (bicyclic) bond motifs is 3. The molecule has 78 heavy (non-hydrogen) atoms. The molecule has 1 spiro atoms. The number of aliphatic hydroxyl groups is 1. The largest absolute Gasteiger partial charge is 0.497 e. The Labute approximate surface area is 451 Å². The third-order valence-electron chi connectivity index (χ3n) is 14.9. The minimum atomic E-state index is -2.14. The topological polar surface area (TPSA) is 162 Å². The van der Waals surface area contributed by atoms with E-state index in [4.69, 9.17) is 25.4 Å². The zero-order valence-corrected chi connectivity index (χ0v) is 42.6. The van der Waals surface area contributed by atoms with Gasteiger partial charge in [0.1, 0.15) is 40.8 Å². The molecule has 0 radical (unpaired) electrons. The molecule has 3 amide bonds. The molecule has 7 aromatic rings. The number of nitrogens with zero attached hydrogens (tertiary/aromatic N) is 4. The Balaban J connectivity index is 1.16. The first-order valence-corrected chi connectivity index (χ1v) is 25.8. The van der Waals surface area contributed by atoms with Crippen molar-refractivity contribution in [2.45, 2.75) is 41.7 Å². The molecule has 0 saturated carbocycles. The number of methoxy groups -OCH3 is 1. The summed E-state index contributed by atoms with van der Waals surface area (Å²) in [4.78, 5) is 69.9. The van der Waals surface area contributed by atoms with Crippen LogP contribution in [0.25, 0.3) is 0 Å².